The molecule has 10 rings (SSSR count). The number of rotatable bonds is 2. The quantitative estimate of drug-likeness (QED) is 0.128. The molecule has 0 atom stereocenters. The van der Waals surface area contributed by atoms with E-state index in [0.717, 1.165) is 27.2 Å². The van der Waals surface area contributed by atoms with Gasteiger partial charge in [-0.1, -0.05) is 53.9 Å². The normalized spacial score (nSPS) is 11.0. The molecule has 9 aromatic carbocycles. The monoisotopic (exact) mass is 824 g/mol. The van der Waals surface area contributed by atoms with Crippen molar-refractivity contribution in [3.8, 4) is 11.1 Å². The van der Waals surface area contributed by atoms with Crippen LogP contribution in [0.5, 0.6) is 0 Å². The Morgan fingerprint density at radius 1 is 0.519 bits per heavy atom. The molecule has 9 aromatic rings. The molecule has 0 saturated carbocycles. The predicted molar refractivity (Wildman–Crippen MR) is 212 cm³/mol. The third-order valence-electron chi connectivity index (χ3n) is 9.43. The summed E-state index contributed by atoms with van der Waals surface area (Å²) < 4.78 is 1.31. The Balaban J connectivity index is 0.000000153. The van der Waals surface area contributed by atoms with E-state index in [4.69, 9.17) is 23.2 Å². The van der Waals surface area contributed by atoms with E-state index in [9.17, 15) is 0 Å². The van der Waals surface area contributed by atoms with E-state index < -0.39 is 0 Å². The smallest absolute Gasteiger partial charge is 0.0240 e. The molecular weight excluding hydrogens is 798 g/mol. The molecule has 0 bridgehead atoms. The Kier molecular flexibility index (Phi) is 12.2. The van der Waals surface area contributed by atoms with E-state index >= 15 is 0 Å². The molecule has 1 aliphatic rings. The van der Waals surface area contributed by atoms with Crippen LogP contribution in [0.15, 0.2) is 170 Å². The van der Waals surface area contributed by atoms with Gasteiger partial charge in [0.25, 0.3) is 0 Å². The molecule has 0 radical (unpaired) electrons. The first kappa shape index (κ1) is 37.8. The Hall–Kier alpha value is -3.94. The first-order chi connectivity index (χ1) is 24.6. The van der Waals surface area contributed by atoms with Crippen LogP contribution in [0, 0.1) is 6.07 Å². The van der Waals surface area contributed by atoms with Crippen molar-refractivity contribution in [1.82, 2.24) is 0 Å². The van der Waals surface area contributed by atoms with Crippen molar-refractivity contribution in [1.29, 1.82) is 0 Å². The molecule has 5 heteroatoms. The third-order valence-corrected chi connectivity index (χ3v) is 11.4. The molecule has 0 saturated heterocycles. The van der Waals surface area contributed by atoms with Gasteiger partial charge in [-0.3, -0.25) is 0 Å². The van der Waals surface area contributed by atoms with Crippen molar-refractivity contribution in [2.75, 3.05) is 0 Å². The molecule has 0 amide bonds. The maximum absolute atomic E-state index is 6.38. The minimum Gasteiger partial charge on any atom is -1.00 e. The SMILES string of the molecule is Clc1cccc2c([C](=[Zr+2])c3cccc4c(Cl)cccc34)cccc12.[Cl-].[Cl-].[c-]1cccc2c1c1c(c3ccccc32)-c2ccccc2C1.c1cc[cH-]c1. The summed E-state index contributed by atoms with van der Waals surface area (Å²) in [6.45, 7) is 0. The fraction of sp³-hybridized carbons (Fsp3) is 0.0213. The van der Waals surface area contributed by atoms with E-state index in [-0.39, 0.29) is 24.8 Å². The van der Waals surface area contributed by atoms with Crippen LogP contribution in [0.1, 0.15) is 22.3 Å². The maximum Gasteiger partial charge on any atom is -0.0240 e. The minimum atomic E-state index is 0. The van der Waals surface area contributed by atoms with Gasteiger partial charge in [-0.05, 0) is 28.5 Å². The number of hydrogen-bond donors (Lipinski definition) is 0. The van der Waals surface area contributed by atoms with Crippen LogP contribution in [0.2, 0.25) is 10.0 Å². The zero-order chi connectivity index (χ0) is 34.0. The molecule has 0 fully saturated rings. The van der Waals surface area contributed by atoms with E-state index in [0.29, 0.717) is 0 Å². The largest absolute Gasteiger partial charge is 1.00 e. The molecule has 1 aliphatic carbocycles. The number of benzene rings is 8. The van der Waals surface area contributed by atoms with Crippen LogP contribution in [-0.2, 0) is 30.7 Å². The van der Waals surface area contributed by atoms with Crippen molar-refractivity contribution >= 4 is 69.5 Å². The van der Waals surface area contributed by atoms with Crippen molar-refractivity contribution in [3.63, 3.8) is 0 Å². The number of hydrogen-bond acceptors (Lipinski definition) is 0. The van der Waals surface area contributed by atoms with Crippen LogP contribution in [-0.4, -0.2) is 3.21 Å². The van der Waals surface area contributed by atoms with Gasteiger partial charge < -0.3 is 24.8 Å². The molecule has 52 heavy (non-hydrogen) atoms. The van der Waals surface area contributed by atoms with Gasteiger partial charge in [0.2, 0.25) is 0 Å². The second-order valence-corrected chi connectivity index (χ2v) is 14.4. The summed E-state index contributed by atoms with van der Waals surface area (Å²) >= 11 is 14.1. The maximum atomic E-state index is 6.38. The molecule has 0 aliphatic heterocycles. The van der Waals surface area contributed by atoms with Gasteiger partial charge in [-0.25, -0.2) is 12.1 Å². The second-order valence-electron chi connectivity index (χ2n) is 12.3. The molecule has 0 N–H and O–H groups in total. The van der Waals surface area contributed by atoms with Crippen LogP contribution in [0.3, 0.4) is 0 Å². The summed E-state index contributed by atoms with van der Waals surface area (Å²) in [4.78, 5) is 0. The molecule has 0 heterocycles. The molecule has 0 aromatic heterocycles. The summed E-state index contributed by atoms with van der Waals surface area (Å²) in [6, 6.07) is 62.2. The second kappa shape index (κ2) is 16.8. The topological polar surface area (TPSA) is 0 Å². The van der Waals surface area contributed by atoms with Crippen LogP contribution < -0.4 is 24.8 Å². The standard InChI is InChI=1S/C21H12Cl2.C21H13.C5H5.2ClH.Zr/c22-20-11-3-7-16-14(5-1-9-18(16)20)13-15-6-2-10-19-17(15)8-4-12-21(19)23;1-2-8-15-14(7-1)13-20-18-11-4-3-9-16(18)17-10-5-6-12-19(17)21(15)20;1-2-4-5-3-1;;;/h1-12H;1-10,12H,13H2;1-5H;2*1H;/q;2*-1;;;+2/p-2. The van der Waals surface area contributed by atoms with Gasteiger partial charge >= 0.3 is 166 Å². The van der Waals surface area contributed by atoms with Gasteiger partial charge in [-0.15, -0.1) is 40.6 Å². The van der Waals surface area contributed by atoms with Crippen molar-refractivity contribution in [3.05, 3.63) is 208 Å². The Morgan fingerprint density at radius 2 is 1.04 bits per heavy atom. The zero-order valence-corrected chi connectivity index (χ0v) is 33.4. The van der Waals surface area contributed by atoms with Gasteiger partial charge in [0.05, 0.1) is 0 Å². The van der Waals surface area contributed by atoms with Crippen molar-refractivity contribution < 1.29 is 49.0 Å². The molecule has 0 nitrogen and oxygen atoms in total. The third kappa shape index (κ3) is 7.19. The zero-order valence-electron chi connectivity index (χ0n) is 27.9. The summed E-state index contributed by atoms with van der Waals surface area (Å²) in [7, 11) is 0. The van der Waals surface area contributed by atoms with Crippen LogP contribution in [0.4, 0.5) is 0 Å². The van der Waals surface area contributed by atoms with Crippen molar-refractivity contribution in [2.45, 2.75) is 6.42 Å². The predicted octanol–water partition coefficient (Wildman–Crippen LogP) is 7.19. The molecule has 0 unspecified atom stereocenters. The molecular formula is C47H30Cl4Zr-2. The first-order valence-corrected chi connectivity index (χ1v) is 18.6. The number of fused-ring (bicyclic) bond motifs is 10. The fourth-order valence-corrected chi connectivity index (χ4v) is 8.72. The Labute approximate surface area is 341 Å². The van der Waals surface area contributed by atoms with E-state index in [1.807, 2.05) is 60.7 Å². The van der Waals surface area contributed by atoms with Gasteiger partial charge in [-0.2, -0.15) is 18.2 Å². The van der Waals surface area contributed by atoms with Gasteiger partial charge in [0.15, 0.2) is 0 Å². The number of halogens is 4. The summed E-state index contributed by atoms with van der Waals surface area (Å²) in [5.41, 5.74) is 8.15. The summed E-state index contributed by atoms with van der Waals surface area (Å²) in [5, 5.41) is 11.4. The molecule has 252 valence electrons. The Bertz CT molecular complexity index is 2570. The van der Waals surface area contributed by atoms with Gasteiger partial charge in [0, 0.05) is 0 Å². The Morgan fingerprint density at radius 3 is 1.65 bits per heavy atom. The minimum absolute atomic E-state index is 0. The van der Waals surface area contributed by atoms with Crippen LogP contribution in [0.25, 0.3) is 54.2 Å². The first-order valence-electron chi connectivity index (χ1n) is 16.6. The summed E-state index contributed by atoms with van der Waals surface area (Å²) in [6.07, 6.45) is 1.02. The van der Waals surface area contributed by atoms with Crippen LogP contribution >= 0.6 is 23.2 Å². The van der Waals surface area contributed by atoms with Gasteiger partial charge in [0.1, 0.15) is 0 Å². The summed E-state index contributed by atoms with van der Waals surface area (Å²) in [5.74, 6) is 0. The van der Waals surface area contributed by atoms with E-state index in [1.165, 1.54) is 93.1 Å². The van der Waals surface area contributed by atoms with E-state index in [1.54, 1.807) is 0 Å². The average molecular weight is 828 g/mol. The van der Waals surface area contributed by atoms with E-state index in [2.05, 4.69) is 115 Å². The fourth-order valence-electron chi connectivity index (χ4n) is 7.17. The molecule has 0 spiro atoms. The van der Waals surface area contributed by atoms with Crippen molar-refractivity contribution in [2.24, 2.45) is 0 Å². The average Bonchev–Trinajstić information content (AvgIpc) is 3.88.